The number of nitrogens with one attached hydrogen (secondary N) is 1. The summed E-state index contributed by atoms with van der Waals surface area (Å²) in [6.45, 7) is 0. The summed E-state index contributed by atoms with van der Waals surface area (Å²) in [5.74, 6) is -1.86. The largest absolute Gasteiger partial charge is 0.545 e. The van der Waals surface area contributed by atoms with Gasteiger partial charge in [-0.3, -0.25) is 9.78 Å². The zero-order valence-electron chi connectivity index (χ0n) is 15.1. The number of hydrogen-bond donors (Lipinski definition) is 1. The van der Waals surface area contributed by atoms with Crippen LogP contribution in [0.1, 0.15) is 20.7 Å². The predicted molar refractivity (Wildman–Crippen MR) is 111 cm³/mol. The first-order chi connectivity index (χ1) is 14.0. The van der Waals surface area contributed by atoms with E-state index in [1.165, 1.54) is 18.2 Å². The molecule has 0 saturated carbocycles. The monoisotopic (exact) mass is 401 g/mol. The molecule has 6 heteroatoms. The van der Waals surface area contributed by atoms with Gasteiger partial charge >= 0.3 is 0 Å². The Hall–Kier alpha value is -3.70. The minimum atomic E-state index is -1.42. The Labute approximate surface area is 171 Å². The van der Waals surface area contributed by atoms with Crippen molar-refractivity contribution in [2.75, 3.05) is 5.32 Å². The summed E-state index contributed by atoms with van der Waals surface area (Å²) < 4.78 is 0. The van der Waals surface area contributed by atoms with Crippen LogP contribution >= 0.6 is 11.6 Å². The standard InChI is InChI=1S/C23H15ClN2O3/c24-17-8-9-21(19(11-17)23(28)29)26-22(27)15-6-3-5-14(10-15)20-13-25-12-16-4-1-2-7-18(16)20/h1-13H,(H,26,27)(H,28,29)/p-1. The van der Waals surface area contributed by atoms with Crippen molar-refractivity contribution in [3.8, 4) is 11.1 Å². The summed E-state index contributed by atoms with van der Waals surface area (Å²) in [6.07, 6.45) is 3.55. The van der Waals surface area contributed by atoms with Gasteiger partial charge in [-0.25, -0.2) is 0 Å². The first-order valence-electron chi connectivity index (χ1n) is 8.78. The summed E-state index contributed by atoms with van der Waals surface area (Å²) in [4.78, 5) is 28.4. The molecule has 4 aromatic rings. The van der Waals surface area contributed by atoms with Crippen molar-refractivity contribution in [1.82, 2.24) is 4.98 Å². The molecule has 1 N–H and O–H groups in total. The highest BCUT2D eigenvalue weighted by Gasteiger charge is 2.12. The fraction of sp³-hybridized carbons (Fsp3) is 0. The van der Waals surface area contributed by atoms with Crippen molar-refractivity contribution >= 4 is 39.9 Å². The molecule has 3 aromatic carbocycles. The van der Waals surface area contributed by atoms with E-state index in [0.717, 1.165) is 21.9 Å². The average Bonchev–Trinajstić information content (AvgIpc) is 2.74. The summed E-state index contributed by atoms with van der Waals surface area (Å²) in [5, 5.41) is 16.2. The van der Waals surface area contributed by atoms with Crippen LogP contribution in [0.25, 0.3) is 21.9 Å². The first-order valence-corrected chi connectivity index (χ1v) is 9.16. The normalized spacial score (nSPS) is 10.7. The predicted octanol–water partition coefficient (Wildman–Crippen LogP) is 4.17. The maximum absolute atomic E-state index is 12.7. The van der Waals surface area contributed by atoms with E-state index in [4.69, 9.17) is 11.6 Å². The minimum absolute atomic E-state index is 0.122. The molecule has 0 unspecified atom stereocenters. The van der Waals surface area contributed by atoms with E-state index in [1.807, 2.05) is 30.3 Å². The second-order valence-corrected chi connectivity index (χ2v) is 6.86. The molecule has 1 aromatic heterocycles. The van der Waals surface area contributed by atoms with Crippen LogP contribution < -0.4 is 10.4 Å². The van der Waals surface area contributed by atoms with E-state index in [2.05, 4.69) is 10.3 Å². The molecule has 4 rings (SSSR count). The molecule has 0 radical (unpaired) electrons. The van der Waals surface area contributed by atoms with Crippen LogP contribution in [0, 0.1) is 0 Å². The van der Waals surface area contributed by atoms with E-state index in [1.54, 1.807) is 30.6 Å². The second-order valence-electron chi connectivity index (χ2n) is 6.42. The number of aromatic carboxylic acids is 1. The molecule has 29 heavy (non-hydrogen) atoms. The van der Waals surface area contributed by atoms with Gasteiger partial charge in [0.15, 0.2) is 0 Å². The van der Waals surface area contributed by atoms with Gasteiger partial charge in [0.25, 0.3) is 5.91 Å². The third-order valence-electron chi connectivity index (χ3n) is 4.55. The lowest BCUT2D eigenvalue weighted by Gasteiger charge is -2.13. The van der Waals surface area contributed by atoms with Gasteiger partial charge in [0, 0.05) is 39.5 Å². The van der Waals surface area contributed by atoms with Crippen LogP contribution in [-0.4, -0.2) is 16.9 Å². The summed E-state index contributed by atoms with van der Waals surface area (Å²) in [7, 11) is 0. The number of rotatable bonds is 4. The molecule has 0 aliphatic carbocycles. The molecular weight excluding hydrogens is 388 g/mol. The molecule has 0 bridgehead atoms. The second kappa shape index (κ2) is 7.73. The zero-order valence-corrected chi connectivity index (χ0v) is 15.8. The number of aromatic nitrogens is 1. The zero-order chi connectivity index (χ0) is 20.4. The Kier molecular flexibility index (Phi) is 4.97. The molecule has 0 saturated heterocycles. The molecule has 1 heterocycles. The van der Waals surface area contributed by atoms with Crippen molar-refractivity contribution in [1.29, 1.82) is 0 Å². The lowest BCUT2D eigenvalue weighted by Crippen LogP contribution is -2.25. The molecule has 0 spiro atoms. The number of fused-ring (bicyclic) bond motifs is 1. The fourth-order valence-corrected chi connectivity index (χ4v) is 3.34. The SMILES string of the molecule is O=C(Nc1ccc(Cl)cc1C(=O)[O-])c1cccc(-c2cncc3ccccc23)c1. The fourth-order valence-electron chi connectivity index (χ4n) is 3.16. The van der Waals surface area contributed by atoms with Crippen LogP contribution in [0.3, 0.4) is 0 Å². The Morgan fingerprint density at radius 1 is 0.931 bits per heavy atom. The van der Waals surface area contributed by atoms with Gasteiger partial charge < -0.3 is 15.2 Å². The Morgan fingerprint density at radius 2 is 1.76 bits per heavy atom. The number of carbonyl (C=O) groups is 2. The maximum atomic E-state index is 12.7. The van der Waals surface area contributed by atoms with E-state index in [-0.39, 0.29) is 16.3 Å². The number of benzene rings is 3. The molecular formula is C23H14ClN2O3-. The number of amides is 1. The average molecular weight is 402 g/mol. The van der Waals surface area contributed by atoms with Crippen LogP contribution in [0.2, 0.25) is 5.02 Å². The van der Waals surface area contributed by atoms with Crippen LogP contribution in [0.5, 0.6) is 0 Å². The van der Waals surface area contributed by atoms with Gasteiger partial charge in [-0.05, 0) is 41.3 Å². The highest BCUT2D eigenvalue weighted by Crippen LogP contribution is 2.28. The molecule has 142 valence electrons. The van der Waals surface area contributed by atoms with Gasteiger partial charge in [-0.2, -0.15) is 0 Å². The molecule has 0 aliphatic heterocycles. The smallest absolute Gasteiger partial charge is 0.255 e. The van der Waals surface area contributed by atoms with Crippen molar-refractivity contribution in [3.05, 3.63) is 95.3 Å². The van der Waals surface area contributed by atoms with E-state index in [0.29, 0.717) is 5.56 Å². The Bertz CT molecular complexity index is 1250. The summed E-state index contributed by atoms with van der Waals surface area (Å²) in [6, 6.07) is 19.1. The number of halogens is 1. The van der Waals surface area contributed by atoms with Crippen molar-refractivity contribution in [2.24, 2.45) is 0 Å². The quantitative estimate of drug-likeness (QED) is 0.556. The third kappa shape index (κ3) is 3.81. The van der Waals surface area contributed by atoms with Gasteiger partial charge in [-0.1, -0.05) is 48.0 Å². The number of pyridine rings is 1. The highest BCUT2D eigenvalue weighted by atomic mass is 35.5. The summed E-state index contributed by atoms with van der Waals surface area (Å²) in [5.41, 5.74) is 2.06. The number of hydrogen-bond acceptors (Lipinski definition) is 4. The number of nitrogens with zero attached hydrogens (tertiary/aromatic N) is 1. The highest BCUT2D eigenvalue weighted by molar-refractivity contribution is 6.31. The van der Waals surface area contributed by atoms with Crippen LogP contribution in [0.4, 0.5) is 5.69 Å². The minimum Gasteiger partial charge on any atom is -0.545 e. The van der Waals surface area contributed by atoms with Gasteiger partial charge in [0.05, 0.1) is 11.7 Å². The number of anilines is 1. The molecule has 1 amide bonds. The maximum Gasteiger partial charge on any atom is 0.255 e. The lowest BCUT2D eigenvalue weighted by molar-refractivity contribution is -0.254. The van der Waals surface area contributed by atoms with Crippen molar-refractivity contribution < 1.29 is 14.7 Å². The van der Waals surface area contributed by atoms with Crippen LogP contribution in [-0.2, 0) is 0 Å². The van der Waals surface area contributed by atoms with Gasteiger partial charge in [0.2, 0.25) is 0 Å². The third-order valence-corrected chi connectivity index (χ3v) is 4.79. The first kappa shape index (κ1) is 18.7. The van der Waals surface area contributed by atoms with E-state index >= 15 is 0 Å². The number of carboxylic acids is 1. The number of carboxylic acid groups (broad SMARTS) is 1. The van der Waals surface area contributed by atoms with Gasteiger partial charge in [-0.15, -0.1) is 0 Å². The topological polar surface area (TPSA) is 82.1 Å². The van der Waals surface area contributed by atoms with Gasteiger partial charge in [0.1, 0.15) is 0 Å². The molecule has 0 fully saturated rings. The van der Waals surface area contributed by atoms with E-state index < -0.39 is 11.9 Å². The van der Waals surface area contributed by atoms with E-state index in [9.17, 15) is 14.7 Å². The Morgan fingerprint density at radius 3 is 2.59 bits per heavy atom. The molecule has 0 atom stereocenters. The van der Waals surface area contributed by atoms with Crippen molar-refractivity contribution in [3.63, 3.8) is 0 Å². The molecule has 0 aliphatic rings. The lowest BCUT2D eigenvalue weighted by atomic mass is 9.99. The van der Waals surface area contributed by atoms with Crippen LogP contribution in [0.15, 0.2) is 79.1 Å². The Balaban J connectivity index is 1.69. The van der Waals surface area contributed by atoms with Crippen molar-refractivity contribution in [2.45, 2.75) is 0 Å². The number of carbonyl (C=O) groups excluding carboxylic acids is 2. The molecule has 5 nitrogen and oxygen atoms in total. The summed E-state index contributed by atoms with van der Waals surface area (Å²) >= 11 is 5.84.